The predicted molar refractivity (Wildman–Crippen MR) is 130 cm³/mol. The summed E-state index contributed by atoms with van der Waals surface area (Å²) in [5, 5.41) is 0.213. The van der Waals surface area contributed by atoms with Gasteiger partial charge in [0.25, 0.3) is 11.1 Å². The van der Waals surface area contributed by atoms with Crippen molar-refractivity contribution in [2.24, 2.45) is 0 Å². The van der Waals surface area contributed by atoms with E-state index in [0.29, 0.717) is 10.6 Å². The van der Waals surface area contributed by atoms with Crippen LogP contribution in [0.5, 0.6) is 0 Å². The van der Waals surface area contributed by atoms with Gasteiger partial charge in [0.1, 0.15) is 5.82 Å². The quantitative estimate of drug-likeness (QED) is 0.464. The molecule has 0 N–H and O–H groups in total. The van der Waals surface area contributed by atoms with Crippen molar-refractivity contribution in [2.75, 3.05) is 11.4 Å². The molecule has 1 fully saturated rings. The summed E-state index contributed by atoms with van der Waals surface area (Å²) < 4.78 is 15.1. The van der Waals surface area contributed by atoms with Gasteiger partial charge in [0.05, 0.1) is 17.0 Å². The van der Waals surface area contributed by atoms with Gasteiger partial charge < -0.3 is 4.90 Å². The first-order valence-corrected chi connectivity index (χ1v) is 11.6. The molecule has 0 saturated carbocycles. The van der Waals surface area contributed by atoms with Gasteiger partial charge in [-0.1, -0.05) is 29.8 Å². The second-order valence-corrected chi connectivity index (χ2v) is 9.94. The molecule has 2 heterocycles. The number of thioether (sulfide) groups is 1. The van der Waals surface area contributed by atoms with E-state index in [4.69, 9.17) is 11.6 Å². The molecule has 166 valence electrons. The van der Waals surface area contributed by atoms with Crippen molar-refractivity contribution < 1.29 is 14.0 Å². The van der Waals surface area contributed by atoms with Gasteiger partial charge in [-0.15, -0.1) is 0 Å². The smallest absolute Gasteiger partial charge is 0.293 e. The van der Waals surface area contributed by atoms with Crippen molar-refractivity contribution >= 4 is 51.8 Å². The second kappa shape index (κ2) is 8.41. The molecule has 2 aromatic rings. The molecule has 0 bridgehead atoms. The van der Waals surface area contributed by atoms with Gasteiger partial charge in [-0.3, -0.25) is 14.5 Å². The van der Waals surface area contributed by atoms with E-state index < -0.39 is 11.7 Å². The Bertz CT molecular complexity index is 1170. The highest BCUT2D eigenvalue weighted by Gasteiger charge is 2.36. The third kappa shape index (κ3) is 4.09. The van der Waals surface area contributed by atoms with E-state index in [2.05, 4.69) is 24.8 Å². The Kier molecular flexibility index (Phi) is 5.94. The van der Waals surface area contributed by atoms with Gasteiger partial charge >= 0.3 is 0 Å². The lowest BCUT2D eigenvalue weighted by Crippen LogP contribution is -2.45. The van der Waals surface area contributed by atoms with Crippen molar-refractivity contribution in [2.45, 2.75) is 39.8 Å². The lowest BCUT2D eigenvalue weighted by Gasteiger charge is -2.42. The van der Waals surface area contributed by atoms with Gasteiger partial charge in [0.15, 0.2) is 0 Å². The van der Waals surface area contributed by atoms with E-state index in [9.17, 15) is 9.59 Å². The summed E-state index contributed by atoms with van der Waals surface area (Å²) in [6, 6.07) is 10.3. The zero-order chi connectivity index (χ0) is 23.2. The van der Waals surface area contributed by atoms with E-state index in [-0.39, 0.29) is 22.2 Å². The lowest BCUT2D eigenvalue weighted by atomic mass is 9.88. The highest BCUT2D eigenvalue weighted by Crippen LogP contribution is 2.41. The summed E-state index contributed by atoms with van der Waals surface area (Å²) in [7, 11) is 0. The minimum atomic E-state index is -0.421. The summed E-state index contributed by atoms with van der Waals surface area (Å²) in [5.41, 5.74) is 3.69. The highest BCUT2D eigenvalue weighted by molar-refractivity contribution is 8.18. The molecule has 4 rings (SSSR count). The Balaban J connectivity index is 1.66. The van der Waals surface area contributed by atoms with Crippen molar-refractivity contribution in [1.29, 1.82) is 0 Å². The molecule has 0 atom stereocenters. The fraction of sp³-hybridized carbons (Fsp3) is 0.280. The fourth-order valence-corrected chi connectivity index (χ4v) is 5.31. The van der Waals surface area contributed by atoms with E-state index in [0.717, 1.165) is 40.7 Å². The predicted octanol–water partition coefficient (Wildman–Crippen LogP) is 6.74. The van der Waals surface area contributed by atoms with Crippen LogP contribution in [0.25, 0.3) is 11.6 Å². The summed E-state index contributed by atoms with van der Waals surface area (Å²) in [4.78, 5) is 28.9. The van der Waals surface area contributed by atoms with Crippen LogP contribution < -0.4 is 4.90 Å². The van der Waals surface area contributed by atoms with E-state index >= 15 is 4.39 Å². The summed E-state index contributed by atoms with van der Waals surface area (Å²) in [5.74, 6) is -0.840. The summed E-state index contributed by atoms with van der Waals surface area (Å²) in [6.07, 6.45) is 3.65. The van der Waals surface area contributed by atoms with E-state index in [1.165, 1.54) is 17.0 Å². The maximum absolute atomic E-state index is 15.1. The minimum absolute atomic E-state index is 0.147. The summed E-state index contributed by atoms with van der Waals surface area (Å²) >= 11 is 6.74. The van der Waals surface area contributed by atoms with Crippen molar-refractivity contribution in [3.63, 3.8) is 0 Å². The van der Waals surface area contributed by atoms with Gasteiger partial charge in [-0.2, -0.15) is 0 Å². The number of allylic oxidation sites excluding steroid dienone is 1. The molecular formula is C25H24ClFN2O2S. The van der Waals surface area contributed by atoms with Crippen LogP contribution in [0.2, 0.25) is 5.02 Å². The number of carbonyl (C=O) groups excluding carboxylic acids is 2. The summed E-state index contributed by atoms with van der Waals surface area (Å²) in [6.45, 7) is 9.15. The zero-order valence-corrected chi connectivity index (χ0v) is 20.0. The number of rotatable bonds is 4. The topological polar surface area (TPSA) is 40.6 Å². The van der Waals surface area contributed by atoms with Crippen LogP contribution in [0.1, 0.15) is 44.4 Å². The van der Waals surface area contributed by atoms with Crippen LogP contribution in [0.4, 0.5) is 14.9 Å². The molecule has 2 aliphatic heterocycles. The van der Waals surface area contributed by atoms with Gasteiger partial charge in [-0.25, -0.2) is 4.39 Å². The first-order chi connectivity index (χ1) is 15.1. The van der Waals surface area contributed by atoms with Crippen molar-refractivity contribution in [1.82, 2.24) is 4.90 Å². The maximum Gasteiger partial charge on any atom is 0.293 e. The molecule has 1 saturated heterocycles. The number of carbonyl (C=O) groups is 2. The number of imide groups is 1. The third-order valence-electron chi connectivity index (χ3n) is 5.83. The number of nitrogens with zero attached hydrogens (tertiary/aromatic N) is 2. The number of hydrogen-bond donors (Lipinski definition) is 0. The van der Waals surface area contributed by atoms with Gasteiger partial charge in [-0.05, 0) is 80.9 Å². The molecule has 0 unspecified atom stereocenters. The molecule has 32 heavy (non-hydrogen) atoms. The Morgan fingerprint density at radius 3 is 2.50 bits per heavy atom. The van der Waals surface area contributed by atoms with Crippen LogP contribution in [-0.4, -0.2) is 28.1 Å². The number of anilines is 1. The SMILES string of the molecule is CCN1c2cc(F)c(/C=C3/SC(=O)N(Cc4ccc(Cl)cc4)C3=O)cc2C(C)=CC1(C)C. The maximum atomic E-state index is 15.1. The lowest BCUT2D eigenvalue weighted by molar-refractivity contribution is -0.123. The molecule has 2 amide bonds. The largest absolute Gasteiger partial charge is 0.363 e. The number of amides is 2. The molecule has 0 aromatic heterocycles. The number of benzene rings is 2. The fourth-order valence-electron chi connectivity index (χ4n) is 4.35. The van der Waals surface area contributed by atoms with E-state index in [1.807, 2.05) is 13.8 Å². The third-order valence-corrected chi connectivity index (χ3v) is 6.99. The van der Waals surface area contributed by atoms with Crippen LogP contribution in [0, 0.1) is 5.82 Å². The van der Waals surface area contributed by atoms with Crippen LogP contribution in [0.3, 0.4) is 0 Å². The molecular weight excluding hydrogens is 447 g/mol. The Morgan fingerprint density at radius 1 is 1.16 bits per heavy atom. The standard InChI is InChI=1S/C25H24ClFN2O2S/c1-5-29-21-12-20(27)17(10-19(21)15(2)13-25(29,3)4)11-22-23(30)28(24(31)32-22)14-16-6-8-18(26)9-7-16/h6-13H,5,14H2,1-4H3/b22-11+. The first kappa shape index (κ1) is 22.6. The molecule has 2 aromatic carbocycles. The Labute approximate surface area is 196 Å². The zero-order valence-electron chi connectivity index (χ0n) is 18.4. The van der Waals surface area contributed by atoms with Gasteiger partial charge in [0.2, 0.25) is 0 Å². The molecule has 4 nitrogen and oxygen atoms in total. The molecule has 0 aliphatic carbocycles. The monoisotopic (exact) mass is 470 g/mol. The van der Waals surface area contributed by atoms with Gasteiger partial charge in [0, 0.05) is 28.4 Å². The second-order valence-electron chi connectivity index (χ2n) is 8.51. The number of fused-ring (bicyclic) bond motifs is 1. The van der Waals surface area contributed by atoms with Crippen LogP contribution >= 0.6 is 23.4 Å². The Morgan fingerprint density at radius 2 is 1.84 bits per heavy atom. The Hall–Kier alpha value is -2.57. The normalized spacial score (nSPS) is 18.9. The molecule has 7 heteroatoms. The number of halogens is 2. The molecule has 0 spiro atoms. The van der Waals surface area contributed by atoms with E-state index in [1.54, 1.807) is 30.3 Å². The average molecular weight is 471 g/mol. The van der Waals surface area contributed by atoms with Crippen molar-refractivity contribution in [3.05, 3.63) is 74.9 Å². The highest BCUT2D eigenvalue weighted by atomic mass is 35.5. The molecule has 2 aliphatic rings. The van der Waals surface area contributed by atoms with Crippen LogP contribution in [0.15, 0.2) is 47.4 Å². The van der Waals surface area contributed by atoms with Crippen molar-refractivity contribution in [3.8, 4) is 0 Å². The molecule has 0 radical (unpaired) electrons. The first-order valence-electron chi connectivity index (χ1n) is 10.4. The number of hydrogen-bond acceptors (Lipinski definition) is 4. The average Bonchev–Trinajstić information content (AvgIpc) is 2.98. The number of likely N-dealkylation sites (N-methyl/N-ethyl adjacent to an activating group) is 1. The van der Waals surface area contributed by atoms with Crippen LogP contribution in [-0.2, 0) is 11.3 Å². The minimum Gasteiger partial charge on any atom is -0.363 e.